The van der Waals surface area contributed by atoms with E-state index in [9.17, 15) is 0 Å². The standard InChI is InChI=1S/C6H12O3/c1-2-5-6(9-5)8-4-3-7/h5-7H,2-4H2,1H3. The van der Waals surface area contributed by atoms with E-state index in [0.717, 1.165) is 6.42 Å². The highest BCUT2D eigenvalue weighted by Gasteiger charge is 2.37. The molecule has 0 aromatic carbocycles. The van der Waals surface area contributed by atoms with Crippen molar-refractivity contribution in [2.75, 3.05) is 13.2 Å². The van der Waals surface area contributed by atoms with E-state index in [2.05, 4.69) is 0 Å². The fraction of sp³-hybridized carbons (Fsp3) is 1.00. The zero-order chi connectivity index (χ0) is 6.69. The first-order valence-electron chi connectivity index (χ1n) is 3.26. The van der Waals surface area contributed by atoms with Crippen molar-refractivity contribution in [3.8, 4) is 0 Å². The number of hydrogen-bond acceptors (Lipinski definition) is 3. The minimum absolute atomic E-state index is 0.0258. The third-order valence-electron chi connectivity index (χ3n) is 1.31. The molecule has 1 fully saturated rings. The maximum atomic E-state index is 8.32. The van der Waals surface area contributed by atoms with Crippen LogP contribution in [0.1, 0.15) is 13.3 Å². The number of ether oxygens (including phenoxy) is 2. The molecule has 9 heavy (non-hydrogen) atoms. The van der Waals surface area contributed by atoms with Crippen molar-refractivity contribution < 1.29 is 14.6 Å². The number of rotatable bonds is 4. The molecule has 3 heteroatoms. The number of epoxide rings is 1. The van der Waals surface area contributed by atoms with E-state index in [1.807, 2.05) is 6.92 Å². The van der Waals surface area contributed by atoms with Crippen LogP contribution in [0.25, 0.3) is 0 Å². The molecule has 1 aliphatic rings. The van der Waals surface area contributed by atoms with Gasteiger partial charge in [0.2, 0.25) is 0 Å². The lowest BCUT2D eigenvalue weighted by Gasteiger charge is -1.93. The summed E-state index contributed by atoms with van der Waals surface area (Å²) in [6, 6.07) is 0. The summed E-state index contributed by atoms with van der Waals surface area (Å²) in [4.78, 5) is 0. The minimum atomic E-state index is -0.0258. The predicted molar refractivity (Wildman–Crippen MR) is 32.0 cm³/mol. The molecule has 0 aromatic heterocycles. The van der Waals surface area contributed by atoms with Gasteiger partial charge in [0.25, 0.3) is 0 Å². The van der Waals surface area contributed by atoms with Gasteiger partial charge in [0, 0.05) is 0 Å². The zero-order valence-electron chi connectivity index (χ0n) is 5.54. The van der Waals surface area contributed by atoms with Crippen molar-refractivity contribution in [1.29, 1.82) is 0 Å². The fourth-order valence-electron chi connectivity index (χ4n) is 0.731. The van der Waals surface area contributed by atoms with Gasteiger partial charge in [-0.3, -0.25) is 0 Å². The average Bonchev–Trinajstić information content (AvgIpc) is 2.62. The number of hydrogen-bond donors (Lipinski definition) is 1. The fourth-order valence-corrected chi connectivity index (χ4v) is 0.731. The van der Waals surface area contributed by atoms with Crippen molar-refractivity contribution in [2.45, 2.75) is 25.7 Å². The van der Waals surface area contributed by atoms with Gasteiger partial charge in [-0.1, -0.05) is 6.92 Å². The molecule has 0 saturated carbocycles. The van der Waals surface area contributed by atoms with Gasteiger partial charge in [-0.05, 0) is 6.42 Å². The summed E-state index contributed by atoms with van der Waals surface area (Å²) in [6.07, 6.45) is 1.26. The van der Waals surface area contributed by atoms with Gasteiger partial charge in [0.05, 0.1) is 13.2 Å². The molecule has 3 nitrogen and oxygen atoms in total. The van der Waals surface area contributed by atoms with Crippen LogP contribution in [0, 0.1) is 0 Å². The smallest absolute Gasteiger partial charge is 0.184 e. The van der Waals surface area contributed by atoms with Crippen molar-refractivity contribution >= 4 is 0 Å². The molecule has 0 amide bonds. The Hall–Kier alpha value is -0.120. The molecule has 0 spiro atoms. The Bertz CT molecular complexity index is 84.4. The molecule has 0 radical (unpaired) electrons. The van der Waals surface area contributed by atoms with Gasteiger partial charge in [-0.25, -0.2) is 0 Å². The van der Waals surface area contributed by atoms with E-state index in [4.69, 9.17) is 14.6 Å². The van der Waals surface area contributed by atoms with E-state index in [0.29, 0.717) is 6.61 Å². The third-order valence-corrected chi connectivity index (χ3v) is 1.31. The van der Waals surface area contributed by atoms with Gasteiger partial charge in [0.15, 0.2) is 6.29 Å². The molecular weight excluding hydrogens is 120 g/mol. The molecular formula is C6H12O3. The van der Waals surface area contributed by atoms with Crippen LogP contribution in [-0.2, 0) is 9.47 Å². The molecule has 2 atom stereocenters. The van der Waals surface area contributed by atoms with Crippen LogP contribution in [0.2, 0.25) is 0 Å². The zero-order valence-corrected chi connectivity index (χ0v) is 5.54. The summed E-state index contributed by atoms with van der Waals surface area (Å²) in [6.45, 7) is 2.52. The first-order valence-corrected chi connectivity index (χ1v) is 3.26. The van der Waals surface area contributed by atoms with E-state index in [1.165, 1.54) is 0 Å². The Morgan fingerprint density at radius 3 is 2.89 bits per heavy atom. The quantitative estimate of drug-likeness (QED) is 0.553. The summed E-state index contributed by atoms with van der Waals surface area (Å²) >= 11 is 0. The van der Waals surface area contributed by atoms with Crippen molar-refractivity contribution in [3.63, 3.8) is 0 Å². The Labute approximate surface area is 54.6 Å². The first-order chi connectivity index (χ1) is 4.38. The first kappa shape index (κ1) is 6.99. The van der Waals surface area contributed by atoms with Crippen LogP contribution in [0.3, 0.4) is 0 Å². The molecule has 1 rings (SSSR count). The molecule has 1 heterocycles. The number of aliphatic hydroxyl groups excluding tert-OH is 1. The monoisotopic (exact) mass is 132 g/mol. The topological polar surface area (TPSA) is 42.0 Å². The SMILES string of the molecule is CCC1OC1OCCO. The maximum absolute atomic E-state index is 8.32. The lowest BCUT2D eigenvalue weighted by Crippen LogP contribution is -2.03. The van der Waals surface area contributed by atoms with Crippen LogP contribution in [0.5, 0.6) is 0 Å². The van der Waals surface area contributed by atoms with E-state index in [1.54, 1.807) is 0 Å². The van der Waals surface area contributed by atoms with Crippen LogP contribution in [0.4, 0.5) is 0 Å². The summed E-state index contributed by atoms with van der Waals surface area (Å²) in [5.41, 5.74) is 0. The van der Waals surface area contributed by atoms with Crippen LogP contribution in [0.15, 0.2) is 0 Å². The van der Waals surface area contributed by atoms with Crippen molar-refractivity contribution in [2.24, 2.45) is 0 Å². The van der Waals surface area contributed by atoms with Gasteiger partial charge >= 0.3 is 0 Å². The maximum Gasteiger partial charge on any atom is 0.184 e. The summed E-state index contributed by atoms with van der Waals surface area (Å²) in [5.74, 6) is 0. The van der Waals surface area contributed by atoms with Crippen LogP contribution < -0.4 is 0 Å². The van der Waals surface area contributed by atoms with Gasteiger partial charge in [-0.15, -0.1) is 0 Å². The predicted octanol–water partition coefficient (Wildman–Crippen LogP) is 0.130. The van der Waals surface area contributed by atoms with Crippen LogP contribution >= 0.6 is 0 Å². The highest BCUT2D eigenvalue weighted by atomic mass is 16.8. The summed E-state index contributed by atoms with van der Waals surface area (Å²) < 4.78 is 10.1. The molecule has 2 unspecified atom stereocenters. The van der Waals surface area contributed by atoms with Crippen molar-refractivity contribution in [3.05, 3.63) is 0 Å². The highest BCUT2D eigenvalue weighted by molar-refractivity contribution is 4.74. The molecule has 1 aliphatic heterocycles. The Kier molecular flexibility index (Phi) is 2.45. The second kappa shape index (κ2) is 3.15. The van der Waals surface area contributed by atoms with E-state index in [-0.39, 0.29) is 19.0 Å². The highest BCUT2D eigenvalue weighted by Crippen LogP contribution is 2.25. The van der Waals surface area contributed by atoms with Gasteiger partial charge in [0.1, 0.15) is 6.10 Å². The molecule has 0 aliphatic carbocycles. The second-order valence-corrected chi connectivity index (χ2v) is 2.05. The summed E-state index contributed by atoms with van der Waals surface area (Å²) in [7, 11) is 0. The minimum Gasteiger partial charge on any atom is -0.394 e. The molecule has 54 valence electrons. The lowest BCUT2D eigenvalue weighted by molar-refractivity contribution is 0.0276. The molecule has 0 aromatic rings. The lowest BCUT2D eigenvalue weighted by atomic mass is 10.4. The Morgan fingerprint density at radius 1 is 1.67 bits per heavy atom. The van der Waals surface area contributed by atoms with E-state index >= 15 is 0 Å². The Morgan fingerprint density at radius 2 is 2.44 bits per heavy atom. The van der Waals surface area contributed by atoms with Crippen molar-refractivity contribution in [1.82, 2.24) is 0 Å². The molecule has 1 saturated heterocycles. The average molecular weight is 132 g/mol. The van der Waals surface area contributed by atoms with Crippen LogP contribution in [-0.4, -0.2) is 30.7 Å². The van der Waals surface area contributed by atoms with Gasteiger partial charge in [-0.2, -0.15) is 0 Å². The Balaban J connectivity index is 1.92. The largest absolute Gasteiger partial charge is 0.394 e. The summed E-state index contributed by atoms with van der Waals surface area (Å²) in [5, 5.41) is 8.32. The van der Waals surface area contributed by atoms with Gasteiger partial charge < -0.3 is 14.6 Å². The molecule has 0 bridgehead atoms. The normalized spacial score (nSPS) is 32.7. The third kappa shape index (κ3) is 1.93. The van der Waals surface area contributed by atoms with E-state index < -0.39 is 0 Å². The second-order valence-electron chi connectivity index (χ2n) is 2.05. The number of aliphatic hydroxyl groups is 1. The molecule has 1 N–H and O–H groups in total.